The highest BCUT2D eigenvalue weighted by atomic mass is 32.2. The number of sulfone groups is 1. The lowest BCUT2D eigenvalue weighted by molar-refractivity contribution is 0.587. The van der Waals surface area contributed by atoms with E-state index in [1.165, 1.54) is 0 Å². The van der Waals surface area contributed by atoms with E-state index < -0.39 is 15.9 Å². The molecule has 0 aliphatic carbocycles. The van der Waals surface area contributed by atoms with Crippen LogP contribution in [0.1, 0.15) is 36.1 Å². The molecule has 1 aromatic rings. The van der Waals surface area contributed by atoms with E-state index in [0.717, 1.165) is 16.7 Å². The number of rotatable bonds is 5. The molecule has 2 N–H and O–H groups in total. The molecule has 0 amide bonds. The second kappa shape index (κ2) is 5.65. The van der Waals surface area contributed by atoms with E-state index in [2.05, 4.69) is 6.07 Å². The molecule has 0 saturated carbocycles. The normalized spacial score (nSPS) is 13.6. The van der Waals surface area contributed by atoms with Crippen LogP contribution in [0.2, 0.25) is 0 Å². The van der Waals surface area contributed by atoms with Gasteiger partial charge in [0, 0.05) is 11.8 Å². The Hall–Kier alpha value is -0.870. The summed E-state index contributed by atoms with van der Waals surface area (Å²) in [6, 6.07) is 5.54. The quantitative estimate of drug-likeness (QED) is 0.876. The number of hydrogen-bond acceptors (Lipinski definition) is 3. The van der Waals surface area contributed by atoms with E-state index in [1.807, 2.05) is 32.9 Å². The number of nitrogens with two attached hydrogens (primary N) is 1. The van der Waals surface area contributed by atoms with Crippen LogP contribution >= 0.6 is 0 Å². The maximum Gasteiger partial charge on any atom is 0.152 e. The van der Waals surface area contributed by atoms with Gasteiger partial charge in [-0.2, -0.15) is 0 Å². The molecule has 17 heavy (non-hydrogen) atoms. The van der Waals surface area contributed by atoms with Crippen LogP contribution in [0.15, 0.2) is 18.2 Å². The van der Waals surface area contributed by atoms with Gasteiger partial charge in [-0.3, -0.25) is 0 Å². The Morgan fingerprint density at radius 3 is 2.18 bits per heavy atom. The average Bonchev–Trinajstić information content (AvgIpc) is 2.14. The highest BCUT2D eigenvalue weighted by Gasteiger charge is 2.17. The van der Waals surface area contributed by atoms with Gasteiger partial charge >= 0.3 is 0 Å². The van der Waals surface area contributed by atoms with Gasteiger partial charge in [-0.05, 0) is 25.8 Å². The monoisotopic (exact) mass is 255 g/mol. The minimum Gasteiger partial charge on any atom is -0.323 e. The predicted molar refractivity (Wildman–Crippen MR) is 71.8 cm³/mol. The molecule has 0 fully saturated rings. The lowest BCUT2D eigenvalue weighted by Crippen LogP contribution is -2.23. The fourth-order valence-electron chi connectivity index (χ4n) is 1.99. The van der Waals surface area contributed by atoms with Crippen molar-refractivity contribution < 1.29 is 8.42 Å². The first-order valence-corrected chi connectivity index (χ1v) is 7.70. The second-order valence-corrected chi connectivity index (χ2v) is 6.87. The average molecular weight is 255 g/mol. The first-order valence-electron chi connectivity index (χ1n) is 5.88. The summed E-state index contributed by atoms with van der Waals surface area (Å²) in [4.78, 5) is 0. The highest BCUT2D eigenvalue weighted by molar-refractivity contribution is 7.91. The third-order valence-corrected chi connectivity index (χ3v) is 4.52. The van der Waals surface area contributed by atoms with E-state index in [1.54, 1.807) is 0 Å². The van der Waals surface area contributed by atoms with Crippen LogP contribution < -0.4 is 5.73 Å². The molecule has 1 unspecified atom stereocenters. The molecule has 96 valence electrons. The Morgan fingerprint density at radius 2 is 1.71 bits per heavy atom. The summed E-state index contributed by atoms with van der Waals surface area (Å²) >= 11 is 0. The fraction of sp³-hybridized carbons (Fsp3) is 0.538. The third kappa shape index (κ3) is 4.48. The topological polar surface area (TPSA) is 60.2 Å². The van der Waals surface area contributed by atoms with Crippen molar-refractivity contribution in [1.29, 1.82) is 0 Å². The highest BCUT2D eigenvalue weighted by Crippen LogP contribution is 2.17. The molecule has 0 spiro atoms. The summed E-state index contributed by atoms with van der Waals surface area (Å²) in [6.45, 7) is 5.84. The Kier molecular flexibility index (Phi) is 4.71. The molecule has 4 heteroatoms. The maximum absolute atomic E-state index is 11.7. The van der Waals surface area contributed by atoms with Gasteiger partial charge in [0.05, 0.1) is 5.75 Å². The zero-order valence-electron chi connectivity index (χ0n) is 10.7. The van der Waals surface area contributed by atoms with Crippen LogP contribution in [0.4, 0.5) is 0 Å². The molecule has 0 aliphatic rings. The second-order valence-electron chi connectivity index (χ2n) is 4.64. The summed E-state index contributed by atoms with van der Waals surface area (Å²) < 4.78 is 23.4. The van der Waals surface area contributed by atoms with E-state index in [4.69, 9.17) is 5.73 Å². The largest absolute Gasteiger partial charge is 0.323 e. The van der Waals surface area contributed by atoms with E-state index in [-0.39, 0.29) is 11.5 Å². The molecular weight excluding hydrogens is 234 g/mol. The Morgan fingerprint density at radius 1 is 1.18 bits per heavy atom. The van der Waals surface area contributed by atoms with Crippen LogP contribution in [0.3, 0.4) is 0 Å². The van der Waals surface area contributed by atoms with Crippen LogP contribution in [-0.4, -0.2) is 19.9 Å². The molecule has 0 radical (unpaired) electrons. The van der Waals surface area contributed by atoms with Crippen molar-refractivity contribution in [3.8, 4) is 0 Å². The maximum atomic E-state index is 11.7. The molecule has 1 rings (SSSR count). The number of aryl methyl sites for hydroxylation is 2. The van der Waals surface area contributed by atoms with Gasteiger partial charge in [0.2, 0.25) is 0 Å². The van der Waals surface area contributed by atoms with Crippen molar-refractivity contribution in [2.75, 3.05) is 11.5 Å². The summed E-state index contributed by atoms with van der Waals surface area (Å²) in [7, 11) is -3.03. The SMILES string of the molecule is CCCS(=O)(=O)CC(N)c1cc(C)cc(C)c1. The first-order chi connectivity index (χ1) is 7.84. The minimum absolute atomic E-state index is 0.0315. The molecule has 3 nitrogen and oxygen atoms in total. The molecule has 0 bridgehead atoms. The van der Waals surface area contributed by atoms with Crippen LogP contribution in [0.5, 0.6) is 0 Å². The Bertz CT molecular complexity index is 460. The molecule has 1 atom stereocenters. The standard InChI is InChI=1S/C13H21NO2S/c1-4-5-17(15,16)9-13(14)12-7-10(2)6-11(3)8-12/h6-8,13H,4-5,9,14H2,1-3H3. The van der Waals surface area contributed by atoms with E-state index in [9.17, 15) is 8.42 Å². The Balaban J connectivity index is 2.86. The smallest absolute Gasteiger partial charge is 0.152 e. The van der Waals surface area contributed by atoms with Gasteiger partial charge in [0.25, 0.3) is 0 Å². The lowest BCUT2D eigenvalue weighted by Gasteiger charge is -2.14. The number of benzene rings is 1. The summed E-state index contributed by atoms with van der Waals surface area (Å²) in [5, 5.41) is 0. The third-order valence-electron chi connectivity index (χ3n) is 2.62. The van der Waals surface area contributed by atoms with Gasteiger partial charge < -0.3 is 5.73 Å². The van der Waals surface area contributed by atoms with Crippen LogP contribution in [-0.2, 0) is 9.84 Å². The molecule has 0 aliphatic heterocycles. The molecular formula is C13H21NO2S. The van der Waals surface area contributed by atoms with Crippen molar-refractivity contribution in [3.05, 3.63) is 34.9 Å². The lowest BCUT2D eigenvalue weighted by atomic mass is 10.0. The molecule has 1 aromatic carbocycles. The number of hydrogen-bond donors (Lipinski definition) is 1. The van der Waals surface area contributed by atoms with Crippen LogP contribution in [0.25, 0.3) is 0 Å². The van der Waals surface area contributed by atoms with Crippen molar-refractivity contribution in [1.82, 2.24) is 0 Å². The Labute approximate surface area is 104 Å². The molecule has 0 heterocycles. The van der Waals surface area contributed by atoms with Gasteiger partial charge in [0.1, 0.15) is 0 Å². The zero-order chi connectivity index (χ0) is 13.1. The summed E-state index contributed by atoms with van der Waals surface area (Å²) in [6.07, 6.45) is 0.641. The van der Waals surface area contributed by atoms with E-state index in [0.29, 0.717) is 6.42 Å². The molecule has 0 saturated heterocycles. The van der Waals surface area contributed by atoms with Crippen molar-refractivity contribution in [2.45, 2.75) is 33.2 Å². The van der Waals surface area contributed by atoms with E-state index >= 15 is 0 Å². The summed E-state index contributed by atoms with van der Waals surface area (Å²) in [5.41, 5.74) is 9.10. The van der Waals surface area contributed by atoms with Gasteiger partial charge in [-0.15, -0.1) is 0 Å². The first kappa shape index (κ1) is 14.2. The van der Waals surface area contributed by atoms with Crippen molar-refractivity contribution >= 4 is 9.84 Å². The van der Waals surface area contributed by atoms with Gasteiger partial charge in [0.15, 0.2) is 9.84 Å². The zero-order valence-corrected chi connectivity index (χ0v) is 11.5. The van der Waals surface area contributed by atoms with Crippen LogP contribution in [0, 0.1) is 13.8 Å². The molecule has 0 aromatic heterocycles. The van der Waals surface area contributed by atoms with Gasteiger partial charge in [-0.1, -0.05) is 36.2 Å². The van der Waals surface area contributed by atoms with Crippen molar-refractivity contribution in [2.24, 2.45) is 5.73 Å². The predicted octanol–water partition coefficient (Wildman–Crippen LogP) is 2.13. The minimum atomic E-state index is -3.03. The summed E-state index contributed by atoms with van der Waals surface area (Å²) in [5.74, 6) is 0.245. The van der Waals surface area contributed by atoms with Crippen molar-refractivity contribution in [3.63, 3.8) is 0 Å². The fourth-order valence-corrected chi connectivity index (χ4v) is 3.52. The van der Waals surface area contributed by atoms with Gasteiger partial charge in [-0.25, -0.2) is 8.42 Å².